The summed E-state index contributed by atoms with van der Waals surface area (Å²) in [5.74, 6) is 0.0303. The van der Waals surface area contributed by atoms with Crippen molar-refractivity contribution in [1.82, 2.24) is 0 Å². The van der Waals surface area contributed by atoms with Crippen molar-refractivity contribution < 1.29 is 48.3 Å². The van der Waals surface area contributed by atoms with Crippen molar-refractivity contribution in [1.29, 1.82) is 0 Å². The highest BCUT2D eigenvalue weighted by atomic mass is 16.6. The normalized spacial score (nSPS) is 23.9. The van der Waals surface area contributed by atoms with Crippen LogP contribution in [0.25, 0.3) is 0 Å². The van der Waals surface area contributed by atoms with Gasteiger partial charge in [-0.2, -0.15) is 0 Å². The zero-order valence-electron chi connectivity index (χ0n) is 24.6. The number of rotatable bonds is 16. The van der Waals surface area contributed by atoms with Crippen LogP contribution in [0.3, 0.4) is 0 Å². The van der Waals surface area contributed by atoms with E-state index >= 15 is 0 Å². The second kappa shape index (κ2) is 18.0. The maximum Gasteiger partial charge on any atom is 0.333 e. The van der Waals surface area contributed by atoms with Gasteiger partial charge in [0.05, 0.1) is 0 Å². The molecule has 0 aliphatic heterocycles. The van der Waals surface area contributed by atoms with Gasteiger partial charge in [-0.3, -0.25) is 9.59 Å². The third-order valence-electron chi connectivity index (χ3n) is 7.89. The number of hydrogen-bond acceptors (Lipinski definition) is 10. The van der Waals surface area contributed by atoms with Crippen LogP contribution in [0.4, 0.5) is 0 Å². The molecule has 0 aromatic carbocycles. The molecule has 232 valence electrons. The van der Waals surface area contributed by atoms with Crippen LogP contribution in [0.15, 0.2) is 24.3 Å². The summed E-state index contributed by atoms with van der Waals surface area (Å²) in [6.45, 7) is 9.09. The van der Waals surface area contributed by atoms with Crippen molar-refractivity contribution >= 4 is 23.9 Å². The zero-order valence-corrected chi connectivity index (χ0v) is 24.6. The smallest absolute Gasteiger partial charge is 0.333 e. The van der Waals surface area contributed by atoms with Gasteiger partial charge in [0, 0.05) is 24.0 Å². The monoisotopic (exact) mass is 580 g/mol. The lowest BCUT2D eigenvalue weighted by molar-refractivity contribution is -0.152. The Bertz CT molecular complexity index is 825. The minimum absolute atomic E-state index is 0.201. The Morgan fingerprint density at radius 1 is 0.585 bits per heavy atom. The molecule has 10 heteroatoms. The summed E-state index contributed by atoms with van der Waals surface area (Å²) in [6, 6.07) is 0. The number of carbonyl (C=O) groups is 4. The summed E-state index contributed by atoms with van der Waals surface area (Å²) in [4.78, 5) is 47.1. The highest BCUT2D eigenvalue weighted by Crippen LogP contribution is 2.39. The van der Waals surface area contributed by atoms with Crippen LogP contribution in [0.5, 0.6) is 0 Å². The second-order valence-corrected chi connectivity index (χ2v) is 11.8. The molecule has 0 bridgehead atoms. The van der Waals surface area contributed by atoms with Crippen LogP contribution in [0, 0.1) is 23.7 Å². The Morgan fingerprint density at radius 2 is 0.878 bits per heavy atom. The summed E-state index contributed by atoms with van der Waals surface area (Å²) >= 11 is 0. The Balaban J connectivity index is 1.54. The third-order valence-corrected chi connectivity index (χ3v) is 7.89. The fraction of sp³-hybridized carbons (Fsp3) is 0.742. The first kappa shape index (κ1) is 34.5. The van der Waals surface area contributed by atoms with Crippen molar-refractivity contribution in [3.63, 3.8) is 0 Å². The van der Waals surface area contributed by atoms with Gasteiger partial charge in [-0.15, -0.1) is 0 Å². The summed E-state index contributed by atoms with van der Waals surface area (Å²) in [6.07, 6.45) is 8.03. The number of hydrogen-bond donors (Lipinski definition) is 2. The van der Waals surface area contributed by atoms with E-state index in [1.165, 1.54) is 20.3 Å². The van der Waals surface area contributed by atoms with Gasteiger partial charge in [0.2, 0.25) is 0 Å². The second-order valence-electron chi connectivity index (χ2n) is 11.8. The average Bonchev–Trinajstić information content (AvgIpc) is 2.94. The summed E-state index contributed by atoms with van der Waals surface area (Å²) in [5.41, 5.74) is 0.485. The van der Waals surface area contributed by atoms with Crippen LogP contribution in [-0.2, 0) is 38.1 Å². The standard InChI is InChI=1S/C31H48O10/c1-20(2)30(36)40-18-26(32)16-38-28(34)14-24-9-5-22(6-10-24)13-23-7-11-25(12-8-23)15-29(35)39-17-27(33)19-41-31(37)21(3)4/h22-27,32-33H,1,3,5-19H2,2,4H3. The molecule has 2 N–H and O–H groups in total. The van der Waals surface area contributed by atoms with E-state index in [2.05, 4.69) is 13.2 Å². The van der Waals surface area contributed by atoms with Crippen LogP contribution in [0.1, 0.15) is 84.5 Å². The molecule has 0 aromatic heterocycles. The van der Waals surface area contributed by atoms with Crippen molar-refractivity contribution in [2.75, 3.05) is 26.4 Å². The van der Waals surface area contributed by atoms with Gasteiger partial charge in [-0.05, 0) is 69.6 Å². The maximum atomic E-state index is 12.2. The number of aliphatic hydroxyl groups is 2. The van der Waals surface area contributed by atoms with Crippen LogP contribution in [-0.4, -0.2) is 72.7 Å². The largest absolute Gasteiger partial charge is 0.463 e. The number of aliphatic hydroxyl groups excluding tert-OH is 2. The molecule has 0 amide bonds. The molecule has 2 unspecified atom stereocenters. The van der Waals surface area contributed by atoms with E-state index < -0.39 is 24.1 Å². The van der Waals surface area contributed by atoms with E-state index in [9.17, 15) is 29.4 Å². The molecule has 10 nitrogen and oxygen atoms in total. The molecular formula is C31H48O10. The minimum Gasteiger partial charge on any atom is -0.463 e. The first-order valence-corrected chi connectivity index (χ1v) is 14.8. The van der Waals surface area contributed by atoms with Gasteiger partial charge in [0.15, 0.2) is 0 Å². The van der Waals surface area contributed by atoms with Crippen molar-refractivity contribution in [3.05, 3.63) is 24.3 Å². The summed E-state index contributed by atoms with van der Waals surface area (Å²) < 4.78 is 20.1. The molecular weight excluding hydrogens is 532 g/mol. The highest BCUT2D eigenvalue weighted by molar-refractivity contribution is 5.87. The molecule has 2 rings (SSSR count). The molecule has 2 aliphatic carbocycles. The average molecular weight is 581 g/mol. The number of ether oxygens (including phenoxy) is 4. The maximum absolute atomic E-state index is 12.2. The van der Waals surface area contributed by atoms with Gasteiger partial charge in [-0.25, -0.2) is 9.59 Å². The predicted molar refractivity (Wildman–Crippen MR) is 150 cm³/mol. The molecule has 0 saturated heterocycles. The van der Waals surface area contributed by atoms with Gasteiger partial charge in [0.25, 0.3) is 0 Å². The van der Waals surface area contributed by atoms with E-state index in [1.807, 2.05) is 0 Å². The minimum atomic E-state index is -1.06. The van der Waals surface area contributed by atoms with Gasteiger partial charge < -0.3 is 29.2 Å². The molecule has 0 heterocycles. The van der Waals surface area contributed by atoms with Crippen LogP contribution >= 0.6 is 0 Å². The van der Waals surface area contributed by atoms with Crippen molar-refractivity contribution in [3.8, 4) is 0 Å². The molecule has 2 saturated carbocycles. The number of carbonyl (C=O) groups excluding carboxylic acids is 4. The van der Waals surface area contributed by atoms with Crippen molar-refractivity contribution in [2.45, 2.75) is 96.7 Å². The first-order valence-electron chi connectivity index (χ1n) is 14.8. The number of esters is 4. The topological polar surface area (TPSA) is 146 Å². The molecule has 2 aliphatic rings. The predicted octanol–water partition coefficient (Wildman–Crippen LogP) is 3.82. The zero-order chi connectivity index (χ0) is 30.4. The fourth-order valence-electron chi connectivity index (χ4n) is 5.47. The van der Waals surface area contributed by atoms with Gasteiger partial charge in [0.1, 0.15) is 38.6 Å². The van der Waals surface area contributed by atoms with E-state index in [0.717, 1.165) is 51.4 Å². The Kier molecular flexibility index (Phi) is 15.1. The Morgan fingerprint density at radius 3 is 1.20 bits per heavy atom. The fourth-order valence-corrected chi connectivity index (χ4v) is 5.47. The highest BCUT2D eigenvalue weighted by Gasteiger charge is 2.29. The molecule has 0 spiro atoms. The van der Waals surface area contributed by atoms with Crippen molar-refractivity contribution in [2.24, 2.45) is 23.7 Å². The van der Waals surface area contributed by atoms with E-state index in [0.29, 0.717) is 24.7 Å². The lowest BCUT2D eigenvalue weighted by atomic mass is 9.72. The van der Waals surface area contributed by atoms with Gasteiger partial charge >= 0.3 is 23.9 Å². The van der Waals surface area contributed by atoms with E-state index in [4.69, 9.17) is 18.9 Å². The summed E-state index contributed by atoms with van der Waals surface area (Å²) in [5, 5.41) is 19.7. The molecule has 0 aromatic rings. The van der Waals surface area contributed by atoms with E-state index in [1.54, 1.807) is 0 Å². The van der Waals surface area contributed by atoms with Gasteiger partial charge in [-0.1, -0.05) is 38.8 Å². The molecule has 2 fully saturated rings. The SMILES string of the molecule is C=C(C)C(=O)OCC(O)COC(=O)CC1CCC(CC2CCC(CC(=O)OCC(O)COC(=O)C(=C)C)CC2)CC1. The Hall–Kier alpha value is -2.72. The van der Waals surface area contributed by atoms with Crippen LogP contribution in [0.2, 0.25) is 0 Å². The summed E-state index contributed by atoms with van der Waals surface area (Å²) in [7, 11) is 0. The lowest BCUT2D eigenvalue weighted by Crippen LogP contribution is -2.27. The first-order chi connectivity index (χ1) is 19.4. The molecule has 2 atom stereocenters. The third kappa shape index (κ3) is 14.1. The van der Waals surface area contributed by atoms with E-state index in [-0.39, 0.29) is 61.3 Å². The molecule has 0 radical (unpaired) electrons. The Labute approximate surface area is 243 Å². The molecule has 41 heavy (non-hydrogen) atoms. The van der Waals surface area contributed by atoms with Crippen LogP contribution < -0.4 is 0 Å². The quantitative estimate of drug-likeness (QED) is 0.157. The lowest BCUT2D eigenvalue weighted by Gasteiger charge is -2.34.